The molecule has 0 radical (unpaired) electrons. The molecule has 0 atom stereocenters. The Morgan fingerprint density at radius 2 is 1.73 bits per heavy atom. The molecule has 2 aromatic carbocycles. The molecular weight excluding hydrogens is 340 g/mol. The molecular formula is C17H16N4O5. The predicted octanol–water partition coefficient (Wildman–Crippen LogP) is 2.42. The van der Waals surface area contributed by atoms with E-state index in [-0.39, 0.29) is 17.0 Å². The highest BCUT2D eigenvalue weighted by molar-refractivity contribution is 5.98. The van der Waals surface area contributed by atoms with Crippen molar-refractivity contribution in [1.82, 2.24) is 10.6 Å². The van der Waals surface area contributed by atoms with Crippen LogP contribution in [0.4, 0.5) is 16.2 Å². The molecule has 0 spiro atoms. The van der Waals surface area contributed by atoms with Crippen molar-refractivity contribution >= 4 is 29.3 Å². The average Bonchev–Trinajstić information content (AvgIpc) is 2.65. The van der Waals surface area contributed by atoms with Gasteiger partial charge < -0.3 is 15.2 Å². The van der Waals surface area contributed by atoms with Crippen LogP contribution in [0.25, 0.3) is 0 Å². The number of rotatable bonds is 5. The number of nitrogens with one attached hydrogen (secondary N) is 2. The number of azo groups is 1. The third-order valence-electron chi connectivity index (χ3n) is 3.06. The highest BCUT2D eigenvalue weighted by atomic mass is 16.5. The van der Waals surface area contributed by atoms with E-state index in [4.69, 9.17) is 4.74 Å². The Morgan fingerprint density at radius 1 is 1.04 bits per heavy atom. The second-order valence-corrected chi connectivity index (χ2v) is 4.94. The normalized spacial score (nSPS) is 10.3. The van der Waals surface area contributed by atoms with Crippen molar-refractivity contribution in [3.05, 3.63) is 54.1 Å². The maximum atomic E-state index is 12.1. The zero-order chi connectivity index (χ0) is 18.9. The number of nitrogens with zero attached hydrogens (tertiary/aromatic N) is 2. The van der Waals surface area contributed by atoms with E-state index < -0.39 is 24.5 Å². The van der Waals surface area contributed by atoms with Gasteiger partial charge in [-0.05, 0) is 36.4 Å². The fourth-order valence-electron chi connectivity index (χ4n) is 1.80. The first kappa shape index (κ1) is 18.6. The lowest BCUT2D eigenvalue weighted by atomic mass is 10.2. The maximum Gasteiger partial charge on any atom is 0.340 e. The summed E-state index contributed by atoms with van der Waals surface area (Å²) in [7, 11) is 1.35. The number of ether oxygens (including phenoxy) is 1. The molecule has 0 aliphatic heterocycles. The fraction of sp³-hybridized carbons (Fsp3) is 0.118. The zero-order valence-corrected chi connectivity index (χ0v) is 13.8. The van der Waals surface area contributed by atoms with Crippen LogP contribution in [0.3, 0.4) is 0 Å². The third-order valence-corrected chi connectivity index (χ3v) is 3.06. The van der Waals surface area contributed by atoms with Gasteiger partial charge >= 0.3 is 12.0 Å². The lowest BCUT2D eigenvalue weighted by Gasteiger charge is -2.06. The first-order chi connectivity index (χ1) is 12.5. The summed E-state index contributed by atoms with van der Waals surface area (Å²) in [6.45, 7) is -0.615. The molecule has 0 saturated heterocycles. The summed E-state index contributed by atoms with van der Waals surface area (Å²) in [4.78, 5) is 34.6. The van der Waals surface area contributed by atoms with Gasteiger partial charge in [-0.3, -0.25) is 10.1 Å². The Hall–Kier alpha value is -3.75. The Balaban J connectivity index is 2.05. The molecule has 0 aliphatic carbocycles. The minimum Gasteiger partial charge on any atom is -0.508 e. The molecule has 0 aliphatic rings. The predicted molar refractivity (Wildman–Crippen MR) is 91.6 cm³/mol. The second-order valence-electron chi connectivity index (χ2n) is 4.94. The Labute approximate surface area is 148 Å². The molecule has 134 valence electrons. The van der Waals surface area contributed by atoms with Gasteiger partial charge in [-0.25, -0.2) is 9.59 Å². The number of phenols is 1. The monoisotopic (exact) mass is 356 g/mol. The van der Waals surface area contributed by atoms with Crippen LogP contribution in [-0.4, -0.2) is 36.7 Å². The van der Waals surface area contributed by atoms with Crippen molar-refractivity contribution in [3.8, 4) is 5.75 Å². The van der Waals surface area contributed by atoms with Gasteiger partial charge in [0.2, 0.25) is 0 Å². The van der Waals surface area contributed by atoms with Gasteiger partial charge in [0.05, 0.1) is 11.3 Å². The van der Waals surface area contributed by atoms with Crippen molar-refractivity contribution in [2.75, 3.05) is 13.7 Å². The number of hydrogen-bond donors (Lipinski definition) is 3. The fourth-order valence-corrected chi connectivity index (χ4v) is 1.80. The molecule has 26 heavy (non-hydrogen) atoms. The van der Waals surface area contributed by atoms with E-state index >= 15 is 0 Å². The second kappa shape index (κ2) is 8.92. The maximum absolute atomic E-state index is 12.1. The van der Waals surface area contributed by atoms with Crippen LogP contribution >= 0.6 is 0 Å². The number of benzene rings is 2. The lowest BCUT2D eigenvalue weighted by Crippen LogP contribution is -2.39. The van der Waals surface area contributed by atoms with Crippen LogP contribution < -0.4 is 10.6 Å². The number of hydrogen-bond acceptors (Lipinski definition) is 7. The highest BCUT2D eigenvalue weighted by Crippen LogP contribution is 2.24. The third kappa shape index (κ3) is 5.41. The number of carbonyl (C=O) groups excluding carboxylic acids is 3. The Morgan fingerprint density at radius 3 is 2.42 bits per heavy atom. The Kier molecular flexibility index (Phi) is 6.38. The largest absolute Gasteiger partial charge is 0.508 e. The lowest BCUT2D eigenvalue weighted by molar-refractivity contribution is -0.123. The van der Waals surface area contributed by atoms with Crippen molar-refractivity contribution < 1.29 is 24.2 Å². The smallest absolute Gasteiger partial charge is 0.340 e. The quantitative estimate of drug-likeness (QED) is 0.559. The highest BCUT2D eigenvalue weighted by Gasteiger charge is 2.15. The first-order valence-electron chi connectivity index (χ1n) is 7.48. The van der Waals surface area contributed by atoms with E-state index in [9.17, 15) is 19.5 Å². The minimum absolute atomic E-state index is 0.1000. The molecule has 2 rings (SSSR count). The number of carbonyl (C=O) groups is 3. The van der Waals surface area contributed by atoms with Gasteiger partial charge in [0.15, 0.2) is 6.61 Å². The van der Waals surface area contributed by atoms with E-state index in [0.29, 0.717) is 5.69 Å². The number of phenolic OH excluding ortho intramolecular Hbond substituents is 1. The summed E-state index contributed by atoms with van der Waals surface area (Å²) in [5.74, 6) is -1.44. The van der Waals surface area contributed by atoms with Gasteiger partial charge in [-0.1, -0.05) is 12.1 Å². The summed E-state index contributed by atoms with van der Waals surface area (Å²) in [6, 6.07) is 11.6. The molecule has 0 aromatic heterocycles. The molecule has 0 fully saturated rings. The summed E-state index contributed by atoms with van der Waals surface area (Å²) >= 11 is 0. The van der Waals surface area contributed by atoms with Crippen molar-refractivity contribution in [2.45, 2.75) is 0 Å². The molecule has 2 aromatic rings. The van der Waals surface area contributed by atoms with Gasteiger partial charge in [-0.2, -0.15) is 5.11 Å². The zero-order valence-electron chi connectivity index (χ0n) is 13.8. The number of urea groups is 1. The van der Waals surface area contributed by atoms with Crippen molar-refractivity contribution in [1.29, 1.82) is 0 Å². The molecule has 3 amide bonds. The van der Waals surface area contributed by atoms with Gasteiger partial charge in [0, 0.05) is 7.05 Å². The van der Waals surface area contributed by atoms with E-state index in [0.717, 1.165) is 0 Å². The van der Waals surface area contributed by atoms with Gasteiger partial charge in [-0.15, -0.1) is 5.11 Å². The van der Waals surface area contributed by atoms with Gasteiger partial charge in [0.1, 0.15) is 11.4 Å². The van der Waals surface area contributed by atoms with Crippen LogP contribution in [-0.2, 0) is 9.53 Å². The number of aromatic hydroxyl groups is 1. The van der Waals surface area contributed by atoms with E-state index in [2.05, 4.69) is 15.5 Å². The first-order valence-corrected chi connectivity index (χ1v) is 7.48. The minimum atomic E-state index is -0.780. The average molecular weight is 356 g/mol. The number of esters is 1. The van der Waals surface area contributed by atoms with Crippen LogP contribution in [0.5, 0.6) is 5.75 Å². The molecule has 0 saturated carbocycles. The van der Waals surface area contributed by atoms with Gasteiger partial charge in [0.25, 0.3) is 5.91 Å². The summed E-state index contributed by atoms with van der Waals surface area (Å²) in [5, 5.41) is 21.4. The molecule has 9 heteroatoms. The van der Waals surface area contributed by atoms with Crippen LogP contribution in [0, 0.1) is 0 Å². The SMILES string of the molecule is CNC(=O)NC(=O)COC(=O)c1ccccc1N=Nc1ccc(O)cc1. The van der Waals surface area contributed by atoms with Crippen molar-refractivity contribution in [2.24, 2.45) is 10.2 Å². The van der Waals surface area contributed by atoms with Crippen LogP contribution in [0.15, 0.2) is 58.8 Å². The summed E-state index contributed by atoms with van der Waals surface area (Å²) < 4.78 is 4.88. The standard InChI is InChI=1S/C17H16N4O5/c1-18-17(25)19-15(23)10-26-16(24)13-4-2-3-5-14(13)21-20-11-6-8-12(22)9-7-11/h2-9,22H,10H2,1H3,(H2,18,19,23,25). The molecule has 0 heterocycles. The van der Waals surface area contributed by atoms with Crippen LogP contribution in [0.2, 0.25) is 0 Å². The topological polar surface area (TPSA) is 129 Å². The summed E-state index contributed by atoms with van der Waals surface area (Å²) in [6.07, 6.45) is 0. The molecule has 3 N–H and O–H groups in total. The number of imide groups is 1. The van der Waals surface area contributed by atoms with Crippen molar-refractivity contribution in [3.63, 3.8) is 0 Å². The molecule has 9 nitrogen and oxygen atoms in total. The number of amides is 3. The molecule has 0 bridgehead atoms. The van der Waals surface area contributed by atoms with Crippen LogP contribution in [0.1, 0.15) is 10.4 Å². The summed E-state index contributed by atoms with van der Waals surface area (Å²) in [5.41, 5.74) is 0.844. The van der Waals surface area contributed by atoms with E-state index in [1.54, 1.807) is 30.3 Å². The molecule has 0 unspecified atom stereocenters. The van der Waals surface area contributed by atoms with E-state index in [1.165, 1.54) is 25.2 Å². The Bertz CT molecular complexity index is 833. The van der Waals surface area contributed by atoms with E-state index in [1.807, 2.05) is 5.32 Å².